The summed E-state index contributed by atoms with van der Waals surface area (Å²) < 4.78 is 48.8. The van der Waals surface area contributed by atoms with Crippen molar-refractivity contribution in [3.05, 3.63) is 71.8 Å². The molecule has 2 aromatic rings. The Bertz CT molecular complexity index is 984. The molecule has 0 saturated carbocycles. The zero-order valence-corrected chi connectivity index (χ0v) is 21.6. The second-order valence-corrected chi connectivity index (χ2v) is 10.5. The van der Waals surface area contributed by atoms with Gasteiger partial charge in [0.2, 0.25) is 0 Å². The zero-order valence-electron chi connectivity index (χ0n) is 18.6. The van der Waals surface area contributed by atoms with E-state index in [1.165, 1.54) is 6.92 Å². The van der Waals surface area contributed by atoms with Crippen molar-refractivity contribution in [3.8, 4) is 0 Å². The number of alkyl halides is 1. The average molecular weight is 588 g/mol. The maximum absolute atomic E-state index is 12.1. The van der Waals surface area contributed by atoms with Crippen molar-refractivity contribution in [1.29, 1.82) is 0 Å². The summed E-state index contributed by atoms with van der Waals surface area (Å²) >= 11 is 2.12. The summed E-state index contributed by atoms with van der Waals surface area (Å²) in [6.07, 6.45) is -2.42. The molecular weight excluding hydrogens is 559 g/mol. The Labute approximate surface area is 209 Å². The van der Waals surface area contributed by atoms with E-state index in [1.807, 2.05) is 60.7 Å². The monoisotopic (exact) mass is 588 g/mol. The van der Waals surface area contributed by atoms with Gasteiger partial charge in [-0.15, -0.1) is 0 Å². The molecule has 0 N–H and O–H groups in total. The Kier molecular flexibility index (Phi) is 9.83. The van der Waals surface area contributed by atoms with Gasteiger partial charge in [0, 0.05) is 10.8 Å². The molecule has 180 valence electrons. The first kappa shape index (κ1) is 26.2. The molecule has 1 fully saturated rings. The van der Waals surface area contributed by atoms with Gasteiger partial charge in [-0.05, 0) is 18.1 Å². The van der Waals surface area contributed by atoms with E-state index in [4.69, 9.17) is 18.4 Å². The minimum absolute atomic E-state index is 0.0511. The van der Waals surface area contributed by atoms with E-state index in [-0.39, 0.29) is 25.4 Å². The lowest BCUT2D eigenvalue weighted by Gasteiger charge is -2.45. The normalized spacial score (nSPS) is 25.6. The van der Waals surface area contributed by atoms with Crippen molar-refractivity contribution < 1.29 is 31.6 Å². The molecule has 3 rings (SSSR count). The van der Waals surface area contributed by atoms with E-state index in [9.17, 15) is 13.2 Å². The van der Waals surface area contributed by atoms with E-state index < -0.39 is 40.6 Å². The van der Waals surface area contributed by atoms with Gasteiger partial charge in [-0.25, -0.2) is 0 Å². The molecule has 0 aliphatic carbocycles. The summed E-state index contributed by atoms with van der Waals surface area (Å²) in [6, 6.07) is 19.2. The number of ketones is 1. The molecule has 0 bridgehead atoms. The van der Waals surface area contributed by atoms with Crippen LogP contribution in [0, 0.1) is 0 Å². The molecule has 0 amide bonds. The molecule has 1 aliphatic rings. The van der Waals surface area contributed by atoms with Crippen LogP contribution in [-0.4, -0.2) is 55.4 Å². The number of Topliss-reactive ketones (excluding diaryl/α,β-unsaturated/α-hetero) is 1. The highest BCUT2D eigenvalue weighted by atomic mass is 127. The van der Waals surface area contributed by atoms with Gasteiger partial charge in [0.15, 0.2) is 0 Å². The van der Waals surface area contributed by atoms with Crippen LogP contribution < -0.4 is 0 Å². The minimum atomic E-state index is -3.80. The predicted octanol–water partition coefficient (Wildman–Crippen LogP) is 3.68. The van der Waals surface area contributed by atoms with Gasteiger partial charge < -0.3 is 14.2 Å². The third-order valence-electron chi connectivity index (χ3n) is 5.23. The van der Waals surface area contributed by atoms with Crippen LogP contribution >= 0.6 is 22.6 Å². The fourth-order valence-electron chi connectivity index (χ4n) is 3.80. The molecule has 1 aliphatic heterocycles. The molecule has 1 heterocycles. The molecule has 1 saturated heterocycles. The molecule has 7 nitrogen and oxygen atoms in total. The number of ether oxygens (including phenoxy) is 3. The van der Waals surface area contributed by atoms with E-state index >= 15 is 0 Å². The number of hydrogen-bond acceptors (Lipinski definition) is 7. The van der Waals surface area contributed by atoms with Crippen LogP contribution in [0.2, 0.25) is 0 Å². The fraction of sp³-hybridized carbons (Fsp3) is 0.458. The van der Waals surface area contributed by atoms with E-state index in [0.717, 1.165) is 17.4 Å². The van der Waals surface area contributed by atoms with Crippen LogP contribution in [-0.2, 0) is 46.5 Å². The Morgan fingerprint density at radius 3 is 1.85 bits per heavy atom. The van der Waals surface area contributed by atoms with Crippen molar-refractivity contribution in [2.45, 2.75) is 57.1 Å². The fourth-order valence-corrected chi connectivity index (χ4v) is 5.15. The number of hydrogen-bond donors (Lipinski definition) is 0. The molecule has 33 heavy (non-hydrogen) atoms. The van der Waals surface area contributed by atoms with Crippen LogP contribution in [0.5, 0.6) is 0 Å². The van der Waals surface area contributed by atoms with Gasteiger partial charge in [-0.1, -0.05) is 83.3 Å². The first-order valence-corrected chi connectivity index (χ1v) is 14.0. The molecule has 9 heteroatoms. The molecule has 0 radical (unpaired) electrons. The summed E-state index contributed by atoms with van der Waals surface area (Å²) in [7, 11) is -3.80. The Morgan fingerprint density at radius 2 is 1.39 bits per heavy atom. The SMILES string of the molecule is CC(=O)C[C@H]1O[C@H](CI)[C@@H](OS(C)(=O)=O)[C@H](OCc2ccccc2)[C@H]1OCc1ccccc1. The van der Waals surface area contributed by atoms with Crippen LogP contribution in [0.25, 0.3) is 0 Å². The maximum Gasteiger partial charge on any atom is 0.264 e. The van der Waals surface area contributed by atoms with Crippen molar-refractivity contribution in [3.63, 3.8) is 0 Å². The first-order valence-electron chi connectivity index (χ1n) is 10.7. The van der Waals surface area contributed by atoms with Crippen LogP contribution in [0.4, 0.5) is 0 Å². The Morgan fingerprint density at radius 1 is 0.879 bits per heavy atom. The highest BCUT2D eigenvalue weighted by molar-refractivity contribution is 14.1. The molecule has 0 unspecified atom stereocenters. The number of carbonyl (C=O) groups is 1. The maximum atomic E-state index is 12.1. The van der Waals surface area contributed by atoms with Gasteiger partial charge >= 0.3 is 0 Å². The highest BCUT2D eigenvalue weighted by Crippen LogP contribution is 2.32. The van der Waals surface area contributed by atoms with E-state index in [2.05, 4.69) is 22.6 Å². The summed E-state index contributed by atoms with van der Waals surface area (Å²) in [5.74, 6) is -0.0511. The van der Waals surface area contributed by atoms with Gasteiger partial charge in [0.1, 0.15) is 24.1 Å². The molecule has 0 aromatic heterocycles. The Balaban J connectivity index is 1.92. The van der Waals surface area contributed by atoms with Crippen LogP contribution in [0.1, 0.15) is 24.5 Å². The lowest BCUT2D eigenvalue weighted by molar-refractivity contribution is -0.240. The van der Waals surface area contributed by atoms with Crippen molar-refractivity contribution in [1.82, 2.24) is 0 Å². The summed E-state index contributed by atoms with van der Waals surface area (Å²) in [6.45, 7) is 1.99. The number of halogens is 1. The first-order chi connectivity index (χ1) is 15.8. The molecular formula is C24H29IO7S. The third-order valence-corrected chi connectivity index (χ3v) is 6.67. The highest BCUT2D eigenvalue weighted by Gasteiger charge is 2.49. The average Bonchev–Trinajstić information content (AvgIpc) is 2.78. The number of carbonyl (C=O) groups excluding carboxylic acids is 1. The van der Waals surface area contributed by atoms with Gasteiger partial charge in [-0.2, -0.15) is 8.42 Å². The van der Waals surface area contributed by atoms with Crippen molar-refractivity contribution in [2.75, 3.05) is 10.7 Å². The second-order valence-electron chi connectivity index (χ2n) is 8.06. The van der Waals surface area contributed by atoms with E-state index in [1.54, 1.807) is 0 Å². The zero-order chi connectivity index (χ0) is 23.8. The van der Waals surface area contributed by atoms with Crippen molar-refractivity contribution in [2.24, 2.45) is 0 Å². The Hall–Kier alpha value is -1.37. The predicted molar refractivity (Wildman–Crippen MR) is 133 cm³/mol. The summed E-state index contributed by atoms with van der Waals surface area (Å²) in [4.78, 5) is 12.0. The van der Waals surface area contributed by atoms with E-state index in [0.29, 0.717) is 4.43 Å². The second kappa shape index (κ2) is 12.4. The molecule has 2 aromatic carbocycles. The standard InChI is InChI=1S/C24H29IO7S/c1-17(26)13-20-22(29-15-18-9-5-3-6-10-18)24(30-16-19-11-7-4-8-12-19)23(21(14-25)31-20)32-33(2,27)28/h3-12,20-24H,13-16H2,1-2H3/t20-,21-,22+,23-,24-/m1/s1. The number of rotatable bonds is 11. The van der Waals surface area contributed by atoms with Gasteiger partial charge in [0.25, 0.3) is 10.1 Å². The number of benzene rings is 2. The summed E-state index contributed by atoms with van der Waals surface area (Å²) in [5.41, 5.74) is 1.87. The van der Waals surface area contributed by atoms with Crippen LogP contribution in [0.3, 0.4) is 0 Å². The summed E-state index contributed by atoms with van der Waals surface area (Å²) in [5, 5.41) is 0. The molecule has 5 atom stereocenters. The minimum Gasteiger partial charge on any atom is -0.368 e. The topological polar surface area (TPSA) is 88.1 Å². The van der Waals surface area contributed by atoms with Crippen molar-refractivity contribution >= 4 is 38.5 Å². The molecule has 0 spiro atoms. The van der Waals surface area contributed by atoms with Gasteiger partial charge in [-0.3, -0.25) is 8.98 Å². The largest absolute Gasteiger partial charge is 0.368 e. The third kappa shape index (κ3) is 8.11. The smallest absolute Gasteiger partial charge is 0.264 e. The quantitative estimate of drug-likeness (QED) is 0.225. The van der Waals surface area contributed by atoms with Crippen LogP contribution in [0.15, 0.2) is 60.7 Å². The lowest BCUT2D eigenvalue weighted by atomic mass is 9.92. The van der Waals surface area contributed by atoms with Gasteiger partial charge in [0.05, 0.1) is 31.7 Å². The lowest BCUT2D eigenvalue weighted by Crippen LogP contribution is -2.61.